The van der Waals surface area contributed by atoms with Gasteiger partial charge in [-0.15, -0.1) is 0 Å². The van der Waals surface area contributed by atoms with Gasteiger partial charge in [0.05, 0.1) is 18.9 Å². The molecule has 0 saturated carbocycles. The molecule has 0 unspecified atom stereocenters. The van der Waals surface area contributed by atoms with Crippen molar-refractivity contribution >= 4 is 5.78 Å². The molecule has 114 valence electrons. The molecule has 2 heterocycles. The molecule has 6 nitrogen and oxygen atoms in total. The highest BCUT2D eigenvalue weighted by atomic mass is 19.1. The van der Waals surface area contributed by atoms with E-state index in [4.69, 9.17) is 5.26 Å². The maximum absolute atomic E-state index is 12.9. The van der Waals surface area contributed by atoms with Gasteiger partial charge in [0.2, 0.25) is 0 Å². The predicted octanol–water partition coefficient (Wildman–Crippen LogP) is 1.16. The maximum Gasteiger partial charge on any atom is 0.170 e. The normalized spacial score (nSPS) is 13.4. The summed E-state index contributed by atoms with van der Waals surface area (Å²) in [6.45, 7) is 2.95. The second kappa shape index (κ2) is 6.03. The monoisotopic (exact) mass is 302 g/mol. The number of pyridine rings is 1. The number of halogens is 1. The van der Waals surface area contributed by atoms with Crippen LogP contribution in [0.5, 0.6) is 0 Å². The van der Waals surface area contributed by atoms with Gasteiger partial charge in [0.1, 0.15) is 17.4 Å². The zero-order valence-corrected chi connectivity index (χ0v) is 12.2. The number of hydrogen-bond donors (Lipinski definition) is 1. The van der Waals surface area contributed by atoms with Crippen molar-refractivity contribution in [2.75, 3.05) is 0 Å². The van der Waals surface area contributed by atoms with Crippen LogP contribution in [-0.4, -0.2) is 31.3 Å². The Labute approximate surface area is 126 Å². The molecule has 0 fully saturated rings. The highest BCUT2D eigenvalue weighted by Gasteiger charge is 2.31. The molecule has 2 aromatic rings. The van der Waals surface area contributed by atoms with E-state index in [-0.39, 0.29) is 13.0 Å². The van der Waals surface area contributed by atoms with Crippen molar-refractivity contribution in [3.8, 4) is 6.07 Å². The van der Waals surface area contributed by atoms with E-state index >= 15 is 0 Å². The first-order valence-corrected chi connectivity index (χ1v) is 6.61. The van der Waals surface area contributed by atoms with Crippen molar-refractivity contribution in [1.29, 1.82) is 5.26 Å². The molecule has 0 aliphatic heterocycles. The van der Waals surface area contributed by atoms with E-state index in [0.29, 0.717) is 16.8 Å². The fraction of sp³-hybridized carbons (Fsp3) is 0.333. The number of nitrogens with zero attached hydrogens (tertiary/aromatic N) is 4. The summed E-state index contributed by atoms with van der Waals surface area (Å²) in [7, 11) is 0. The molecule has 0 aliphatic carbocycles. The molecule has 0 saturated heterocycles. The molecule has 7 heteroatoms. The van der Waals surface area contributed by atoms with Gasteiger partial charge < -0.3 is 5.11 Å². The number of carbonyl (C=O) groups excluding carboxylic acids is 1. The van der Waals surface area contributed by atoms with Crippen LogP contribution in [0.15, 0.2) is 24.7 Å². The first-order chi connectivity index (χ1) is 10.3. The number of Topliss-reactive ketones (excluding diaryl/α,β-unsaturated/α-hetero) is 1. The molecule has 22 heavy (non-hydrogen) atoms. The molecule has 1 N–H and O–H groups in total. The summed E-state index contributed by atoms with van der Waals surface area (Å²) in [4.78, 5) is 16.2. The number of nitriles is 1. The number of aliphatic hydroxyl groups is 1. The van der Waals surface area contributed by atoms with Crippen molar-refractivity contribution in [3.05, 3.63) is 47.3 Å². The lowest BCUT2D eigenvalue weighted by Gasteiger charge is -2.21. The van der Waals surface area contributed by atoms with Gasteiger partial charge in [-0.3, -0.25) is 9.48 Å². The van der Waals surface area contributed by atoms with E-state index in [1.54, 1.807) is 13.0 Å². The average Bonchev–Trinajstić information content (AvgIpc) is 2.83. The lowest BCUT2D eigenvalue weighted by Crippen LogP contribution is -2.41. The molecular formula is C15H15FN4O2. The van der Waals surface area contributed by atoms with Crippen LogP contribution >= 0.6 is 0 Å². The summed E-state index contributed by atoms with van der Waals surface area (Å²) in [5.74, 6) is -0.968. The molecular weight excluding hydrogens is 287 g/mol. The Morgan fingerprint density at radius 2 is 2.27 bits per heavy atom. The molecule has 0 amide bonds. The van der Waals surface area contributed by atoms with Crippen molar-refractivity contribution in [2.24, 2.45) is 0 Å². The number of rotatable bonds is 5. The van der Waals surface area contributed by atoms with Crippen LogP contribution in [0.2, 0.25) is 0 Å². The molecule has 2 aromatic heterocycles. The zero-order valence-electron chi connectivity index (χ0n) is 12.2. The Kier molecular flexibility index (Phi) is 4.33. The summed E-state index contributed by atoms with van der Waals surface area (Å²) in [6, 6.07) is 3.64. The zero-order chi connectivity index (χ0) is 16.3. The van der Waals surface area contributed by atoms with Crippen LogP contribution in [0.25, 0.3) is 0 Å². The van der Waals surface area contributed by atoms with E-state index in [9.17, 15) is 14.3 Å². The third kappa shape index (κ3) is 3.54. The molecule has 1 atom stereocenters. The lowest BCUT2D eigenvalue weighted by molar-refractivity contribution is -0.136. The average molecular weight is 302 g/mol. The first-order valence-electron chi connectivity index (χ1n) is 6.61. The van der Waals surface area contributed by atoms with Crippen LogP contribution in [0, 0.1) is 24.1 Å². The second-order valence-electron chi connectivity index (χ2n) is 5.35. The van der Waals surface area contributed by atoms with Gasteiger partial charge in [-0.05, 0) is 25.0 Å². The quantitative estimate of drug-likeness (QED) is 0.894. The van der Waals surface area contributed by atoms with E-state index in [2.05, 4.69) is 10.1 Å². The SMILES string of the molecule is Cc1cc(CC(=O)[C@@](C)(O)Cn2cc(F)cn2)cnc1C#N. The van der Waals surface area contributed by atoms with Gasteiger partial charge in [0.25, 0.3) is 0 Å². The third-order valence-electron chi connectivity index (χ3n) is 3.28. The molecule has 0 aromatic carbocycles. The molecule has 0 aliphatic rings. The largest absolute Gasteiger partial charge is 0.380 e. The van der Waals surface area contributed by atoms with Gasteiger partial charge in [-0.2, -0.15) is 10.4 Å². The second-order valence-corrected chi connectivity index (χ2v) is 5.35. The van der Waals surface area contributed by atoms with E-state index in [1.807, 2.05) is 6.07 Å². The summed E-state index contributed by atoms with van der Waals surface area (Å²) < 4.78 is 14.1. The van der Waals surface area contributed by atoms with Crippen LogP contribution in [-0.2, 0) is 17.8 Å². The maximum atomic E-state index is 12.9. The first kappa shape index (κ1) is 15.8. The van der Waals surface area contributed by atoms with Gasteiger partial charge in [0.15, 0.2) is 11.6 Å². The molecule has 0 radical (unpaired) electrons. The summed E-state index contributed by atoms with van der Waals surface area (Å²) in [5, 5.41) is 22.8. The minimum Gasteiger partial charge on any atom is -0.380 e. The van der Waals surface area contributed by atoms with Crippen molar-refractivity contribution in [2.45, 2.75) is 32.4 Å². The minimum absolute atomic E-state index is 0.0314. The summed E-state index contributed by atoms with van der Waals surface area (Å²) in [5.41, 5.74) is -0.106. The Balaban J connectivity index is 2.10. The van der Waals surface area contributed by atoms with Crippen LogP contribution in [0.4, 0.5) is 4.39 Å². The van der Waals surface area contributed by atoms with Gasteiger partial charge in [-0.25, -0.2) is 9.37 Å². The fourth-order valence-corrected chi connectivity index (χ4v) is 2.05. The van der Waals surface area contributed by atoms with Crippen LogP contribution in [0.1, 0.15) is 23.7 Å². The van der Waals surface area contributed by atoms with Crippen molar-refractivity contribution < 1.29 is 14.3 Å². The highest BCUT2D eigenvalue weighted by molar-refractivity contribution is 5.88. The number of aryl methyl sites for hydroxylation is 1. The van der Waals surface area contributed by atoms with E-state index in [0.717, 1.165) is 12.4 Å². The smallest absolute Gasteiger partial charge is 0.170 e. The third-order valence-corrected chi connectivity index (χ3v) is 3.28. The standard InChI is InChI=1S/C15H15FN4O2/c1-10-3-11(6-18-13(10)5-17)4-14(21)15(2,22)9-20-8-12(16)7-19-20/h3,6-8,22H,4,9H2,1-2H3/t15-/m0/s1. The van der Waals surface area contributed by atoms with Gasteiger partial charge >= 0.3 is 0 Å². The topological polar surface area (TPSA) is 91.8 Å². The predicted molar refractivity (Wildman–Crippen MR) is 75.2 cm³/mol. The summed E-state index contributed by atoms with van der Waals surface area (Å²) in [6.07, 6.45) is 3.52. The minimum atomic E-state index is -1.68. The molecule has 2 rings (SSSR count). The van der Waals surface area contributed by atoms with Gasteiger partial charge in [-0.1, -0.05) is 6.07 Å². The lowest BCUT2D eigenvalue weighted by atomic mass is 9.95. The number of aromatic nitrogens is 3. The number of ketones is 1. The van der Waals surface area contributed by atoms with Crippen molar-refractivity contribution in [1.82, 2.24) is 14.8 Å². The number of carbonyl (C=O) groups is 1. The fourth-order valence-electron chi connectivity index (χ4n) is 2.05. The van der Waals surface area contributed by atoms with Crippen LogP contribution in [0.3, 0.4) is 0 Å². The van der Waals surface area contributed by atoms with Gasteiger partial charge in [0, 0.05) is 12.6 Å². The van der Waals surface area contributed by atoms with E-state index < -0.39 is 17.2 Å². The molecule has 0 spiro atoms. The number of hydrogen-bond acceptors (Lipinski definition) is 5. The molecule has 0 bridgehead atoms. The summed E-state index contributed by atoms with van der Waals surface area (Å²) >= 11 is 0. The Bertz CT molecular complexity index is 746. The van der Waals surface area contributed by atoms with Crippen molar-refractivity contribution in [3.63, 3.8) is 0 Å². The van der Waals surface area contributed by atoms with Crippen LogP contribution < -0.4 is 0 Å². The Morgan fingerprint density at radius 3 is 2.82 bits per heavy atom. The Hall–Kier alpha value is -2.59. The van der Waals surface area contributed by atoms with E-state index in [1.165, 1.54) is 17.8 Å². The highest BCUT2D eigenvalue weighted by Crippen LogP contribution is 2.15. The Morgan fingerprint density at radius 1 is 1.55 bits per heavy atom.